The molecule has 0 aliphatic carbocycles. The molecule has 0 spiro atoms. The maximum atomic E-state index is 10.0. The summed E-state index contributed by atoms with van der Waals surface area (Å²) < 4.78 is 0. The SMILES string of the molecule is CC(C=O)C(C)C=S. The van der Waals surface area contributed by atoms with Crippen molar-refractivity contribution in [1.29, 1.82) is 0 Å². The van der Waals surface area contributed by atoms with E-state index in [9.17, 15) is 4.79 Å². The molecule has 0 radical (unpaired) electrons. The summed E-state index contributed by atoms with van der Waals surface area (Å²) in [7, 11) is 0. The Morgan fingerprint density at radius 1 is 1.38 bits per heavy atom. The molecule has 0 N–H and O–H groups in total. The summed E-state index contributed by atoms with van der Waals surface area (Å²) in [6, 6.07) is 0. The third-order valence-electron chi connectivity index (χ3n) is 1.26. The van der Waals surface area contributed by atoms with Crippen molar-refractivity contribution in [2.24, 2.45) is 11.8 Å². The van der Waals surface area contributed by atoms with E-state index in [1.165, 1.54) is 0 Å². The first-order valence-electron chi connectivity index (χ1n) is 2.63. The second kappa shape index (κ2) is 3.72. The second-order valence-corrected chi connectivity index (χ2v) is 2.26. The highest BCUT2D eigenvalue weighted by Crippen LogP contribution is 2.03. The molecule has 0 aliphatic heterocycles. The van der Waals surface area contributed by atoms with E-state index in [1.807, 2.05) is 13.8 Å². The minimum atomic E-state index is 0.0764. The van der Waals surface area contributed by atoms with Crippen LogP contribution >= 0.6 is 12.2 Å². The van der Waals surface area contributed by atoms with Gasteiger partial charge in [0.25, 0.3) is 0 Å². The number of carbonyl (C=O) groups excluding carboxylic acids is 1. The maximum absolute atomic E-state index is 10.0. The van der Waals surface area contributed by atoms with Gasteiger partial charge in [-0.15, -0.1) is 0 Å². The highest BCUT2D eigenvalue weighted by molar-refractivity contribution is 7.79. The molecule has 2 heteroatoms. The van der Waals surface area contributed by atoms with Crippen LogP contribution in [0.3, 0.4) is 0 Å². The molecule has 0 rings (SSSR count). The van der Waals surface area contributed by atoms with Crippen molar-refractivity contribution in [3.63, 3.8) is 0 Å². The van der Waals surface area contributed by atoms with Gasteiger partial charge in [0.1, 0.15) is 6.29 Å². The van der Waals surface area contributed by atoms with Crippen LogP contribution in [0.15, 0.2) is 0 Å². The van der Waals surface area contributed by atoms with E-state index >= 15 is 0 Å². The summed E-state index contributed by atoms with van der Waals surface area (Å²) in [5.41, 5.74) is 0. The Morgan fingerprint density at radius 2 is 1.88 bits per heavy atom. The van der Waals surface area contributed by atoms with Crippen LogP contribution in [0, 0.1) is 11.8 Å². The molecule has 0 heterocycles. The molecule has 8 heavy (non-hydrogen) atoms. The van der Waals surface area contributed by atoms with Crippen LogP contribution in [-0.2, 0) is 4.79 Å². The largest absolute Gasteiger partial charge is 0.303 e. The maximum Gasteiger partial charge on any atom is 0.123 e. The van der Waals surface area contributed by atoms with Gasteiger partial charge in [-0.05, 0) is 11.3 Å². The summed E-state index contributed by atoms with van der Waals surface area (Å²) in [5.74, 6) is 0.315. The molecule has 46 valence electrons. The fourth-order valence-electron chi connectivity index (χ4n) is 0.248. The zero-order chi connectivity index (χ0) is 6.57. The molecule has 0 saturated heterocycles. The second-order valence-electron chi connectivity index (χ2n) is 1.99. The Balaban J connectivity index is 3.60. The van der Waals surface area contributed by atoms with Crippen LogP contribution in [0.25, 0.3) is 0 Å². The third-order valence-corrected chi connectivity index (χ3v) is 1.69. The number of thiocarbonyl (C=S) groups is 1. The highest BCUT2D eigenvalue weighted by atomic mass is 32.1. The van der Waals surface area contributed by atoms with Crippen molar-refractivity contribution in [1.82, 2.24) is 0 Å². The first-order valence-corrected chi connectivity index (χ1v) is 3.10. The molecule has 0 amide bonds. The van der Waals surface area contributed by atoms with Crippen molar-refractivity contribution in [3.8, 4) is 0 Å². The van der Waals surface area contributed by atoms with E-state index in [4.69, 9.17) is 0 Å². The van der Waals surface area contributed by atoms with Crippen molar-refractivity contribution in [2.45, 2.75) is 13.8 Å². The Hall–Kier alpha value is -0.240. The first-order chi connectivity index (χ1) is 3.72. The van der Waals surface area contributed by atoms with E-state index in [0.29, 0.717) is 0 Å². The number of aldehydes is 1. The van der Waals surface area contributed by atoms with Crippen LogP contribution in [0.4, 0.5) is 0 Å². The highest BCUT2D eigenvalue weighted by Gasteiger charge is 2.05. The monoisotopic (exact) mass is 130 g/mol. The zero-order valence-corrected chi connectivity index (χ0v) is 5.94. The summed E-state index contributed by atoms with van der Waals surface area (Å²) in [6.45, 7) is 3.80. The number of rotatable bonds is 3. The molecule has 0 aromatic rings. The van der Waals surface area contributed by atoms with Gasteiger partial charge in [0.15, 0.2) is 0 Å². The average Bonchev–Trinajstić information content (AvgIpc) is 1.84. The van der Waals surface area contributed by atoms with Crippen LogP contribution in [0.1, 0.15) is 13.8 Å². The molecular weight excluding hydrogens is 120 g/mol. The predicted octanol–water partition coefficient (Wildman–Crippen LogP) is 1.46. The molecule has 0 aromatic carbocycles. The van der Waals surface area contributed by atoms with Gasteiger partial charge >= 0.3 is 0 Å². The summed E-state index contributed by atoms with van der Waals surface area (Å²) >= 11 is 4.63. The number of hydrogen-bond donors (Lipinski definition) is 0. The van der Waals surface area contributed by atoms with Crippen molar-refractivity contribution < 1.29 is 4.79 Å². The molecule has 0 aliphatic rings. The van der Waals surface area contributed by atoms with E-state index in [0.717, 1.165) is 6.29 Å². The quantitative estimate of drug-likeness (QED) is 0.425. The van der Waals surface area contributed by atoms with Gasteiger partial charge in [-0.3, -0.25) is 0 Å². The predicted molar refractivity (Wildman–Crippen MR) is 38.0 cm³/mol. The van der Waals surface area contributed by atoms with Gasteiger partial charge in [0.05, 0.1) is 0 Å². The first kappa shape index (κ1) is 7.76. The Labute approximate surface area is 55.1 Å². The molecule has 1 nitrogen and oxygen atoms in total. The fraction of sp³-hybridized carbons (Fsp3) is 0.667. The normalized spacial score (nSPS) is 16.8. The van der Waals surface area contributed by atoms with Gasteiger partial charge < -0.3 is 4.79 Å². The minimum Gasteiger partial charge on any atom is -0.303 e. The zero-order valence-electron chi connectivity index (χ0n) is 5.13. The lowest BCUT2D eigenvalue weighted by atomic mass is 10.0. The van der Waals surface area contributed by atoms with Crippen molar-refractivity contribution >= 4 is 23.9 Å². The molecule has 0 aromatic heterocycles. The summed E-state index contributed by atoms with van der Waals surface area (Å²) in [5, 5.41) is 1.62. The van der Waals surface area contributed by atoms with E-state index in [1.54, 1.807) is 5.37 Å². The molecule has 0 bridgehead atoms. The third kappa shape index (κ3) is 2.17. The van der Waals surface area contributed by atoms with Crippen molar-refractivity contribution in [2.75, 3.05) is 0 Å². The van der Waals surface area contributed by atoms with Crippen molar-refractivity contribution in [3.05, 3.63) is 0 Å². The Morgan fingerprint density at radius 3 is 2.00 bits per heavy atom. The van der Waals surface area contributed by atoms with Gasteiger partial charge in [-0.1, -0.05) is 26.1 Å². The lowest BCUT2D eigenvalue weighted by Crippen LogP contribution is -2.08. The van der Waals surface area contributed by atoms with Crippen LogP contribution in [0.5, 0.6) is 0 Å². The Kier molecular flexibility index (Phi) is 3.61. The topological polar surface area (TPSA) is 17.1 Å². The molecule has 2 atom stereocenters. The van der Waals surface area contributed by atoms with Crippen LogP contribution < -0.4 is 0 Å². The van der Waals surface area contributed by atoms with Gasteiger partial charge in [-0.2, -0.15) is 0 Å². The number of hydrogen-bond acceptors (Lipinski definition) is 2. The lowest BCUT2D eigenvalue weighted by molar-refractivity contribution is -0.111. The smallest absolute Gasteiger partial charge is 0.123 e. The van der Waals surface area contributed by atoms with E-state index in [-0.39, 0.29) is 11.8 Å². The van der Waals surface area contributed by atoms with Gasteiger partial charge in [0, 0.05) is 5.92 Å². The fourth-order valence-corrected chi connectivity index (χ4v) is 0.496. The van der Waals surface area contributed by atoms with Crippen LogP contribution in [0.2, 0.25) is 0 Å². The summed E-state index contributed by atoms with van der Waals surface area (Å²) in [6.07, 6.45) is 0.924. The number of carbonyl (C=O) groups is 1. The molecule has 0 saturated carbocycles. The molecule has 0 fully saturated rings. The minimum absolute atomic E-state index is 0.0764. The van der Waals surface area contributed by atoms with E-state index in [2.05, 4.69) is 12.2 Å². The van der Waals surface area contributed by atoms with Crippen LogP contribution in [-0.4, -0.2) is 11.7 Å². The lowest BCUT2D eigenvalue weighted by Gasteiger charge is -2.04. The van der Waals surface area contributed by atoms with E-state index < -0.39 is 0 Å². The molecular formula is C6H10OS. The van der Waals surface area contributed by atoms with Gasteiger partial charge in [0.2, 0.25) is 0 Å². The Bertz CT molecular complexity index is 78.5. The standard InChI is InChI=1S/C6H10OS/c1-5(3-7)6(2)4-8/h3-6H,1-2H3. The summed E-state index contributed by atoms with van der Waals surface area (Å²) in [4.78, 5) is 10.0. The van der Waals surface area contributed by atoms with Gasteiger partial charge in [-0.25, -0.2) is 0 Å². The molecule has 2 unspecified atom stereocenters. The average molecular weight is 130 g/mol.